The van der Waals surface area contributed by atoms with Gasteiger partial charge >= 0.3 is 0 Å². The molecule has 0 saturated carbocycles. The van der Waals surface area contributed by atoms with E-state index in [1.165, 1.54) is 0 Å². The van der Waals surface area contributed by atoms with E-state index in [1.54, 1.807) is 0 Å². The van der Waals surface area contributed by atoms with Crippen LogP contribution < -0.4 is 5.32 Å². The van der Waals surface area contributed by atoms with Gasteiger partial charge in [0.15, 0.2) is 17.5 Å². The van der Waals surface area contributed by atoms with E-state index in [1.807, 2.05) is 11.0 Å². The third-order valence-electron chi connectivity index (χ3n) is 3.27. The van der Waals surface area contributed by atoms with Crippen LogP contribution in [0.15, 0.2) is 12.1 Å². The topological polar surface area (TPSA) is 39.1 Å². The largest absolute Gasteiger partial charge is 0.314 e. The standard InChI is InChI=1S/C13H14F3N3/c14-10-7-9(8-11(15)13(10)16)12(1-2-17)19-5-3-18-4-6-19/h7-8,12,18H,1,3-6H2/t12-/m1/s1. The van der Waals surface area contributed by atoms with Crippen LogP contribution in [0.4, 0.5) is 13.2 Å². The highest BCUT2D eigenvalue weighted by Crippen LogP contribution is 2.27. The second kappa shape index (κ2) is 6.04. The number of rotatable bonds is 3. The molecule has 1 atom stereocenters. The quantitative estimate of drug-likeness (QED) is 0.853. The fraction of sp³-hybridized carbons (Fsp3) is 0.462. The smallest absolute Gasteiger partial charge is 0.194 e. The Balaban J connectivity index is 2.30. The predicted octanol–water partition coefficient (Wildman–Crippen LogP) is 1.96. The maximum Gasteiger partial charge on any atom is 0.194 e. The fourth-order valence-electron chi connectivity index (χ4n) is 2.31. The third kappa shape index (κ3) is 3.06. The summed E-state index contributed by atoms with van der Waals surface area (Å²) in [5.41, 5.74) is 0.305. The van der Waals surface area contributed by atoms with Gasteiger partial charge in [-0.25, -0.2) is 13.2 Å². The number of hydrogen-bond acceptors (Lipinski definition) is 3. The van der Waals surface area contributed by atoms with E-state index >= 15 is 0 Å². The Morgan fingerprint density at radius 2 is 1.79 bits per heavy atom. The van der Waals surface area contributed by atoms with Gasteiger partial charge in [-0.15, -0.1) is 0 Å². The number of nitrogens with zero attached hydrogens (tertiary/aromatic N) is 2. The first-order valence-corrected chi connectivity index (χ1v) is 6.09. The van der Waals surface area contributed by atoms with E-state index in [0.717, 1.165) is 25.2 Å². The molecule has 1 N–H and O–H groups in total. The van der Waals surface area contributed by atoms with Crippen molar-refractivity contribution in [3.05, 3.63) is 35.1 Å². The summed E-state index contributed by atoms with van der Waals surface area (Å²) in [6, 6.07) is 3.56. The summed E-state index contributed by atoms with van der Waals surface area (Å²) in [5.74, 6) is -3.90. The van der Waals surface area contributed by atoms with E-state index in [2.05, 4.69) is 5.32 Å². The molecule has 0 aromatic heterocycles. The average molecular weight is 269 g/mol. The van der Waals surface area contributed by atoms with E-state index < -0.39 is 23.5 Å². The minimum Gasteiger partial charge on any atom is -0.314 e. The molecule has 3 nitrogen and oxygen atoms in total. The van der Waals surface area contributed by atoms with E-state index in [0.29, 0.717) is 18.7 Å². The minimum absolute atomic E-state index is 0.116. The van der Waals surface area contributed by atoms with Crippen LogP contribution in [0.2, 0.25) is 0 Å². The van der Waals surface area contributed by atoms with Gasteiger partial charge in [-0.3, -0.25) is 4.90 Å². The number of piperazine rings is 1. The van der Waals surface area contributed by atoms with Crippen LogP contribution in [0.25, 0.3) is 0 Å². The van der Waals surface area contributed by atoms with Crippen molar-refractivity contribution in [2.24, 2.45) is 0 Å². The SMILES string of the molecule is N#CC[C@H](c1cc(F)c(F)c(F)c1)N1CCNCC1. The van der Waals surface area contributed by atoms with Gasteiger partial charge < -0.3 is 5.32 Å². The molecule has 1 aromatic carbocycles. The monoisotopic (exact) mass is 269 g/mol. The lowest BCUT2D eigenvalue weighted by atomic mass is 10.0. The number of halogens is 3. The van der Waals surface area contributed by atoms with Crippen molar-refractivity contribution in [1.82, 2.24) is 10.2 Å². The van der Waals surface area contributed by atoms with Gasteiger partial charge in [-0.1, -0.05) is 0 Å². The Kier molecular flexibility index (Phi) is 4.40. The van der Waals surface area contributed by atoms with Crippen LogP contribution in [-0.4, -0.2) is 31.1 Å². The lowest BCUT2D eigenvalue weighted by Crippen LogP contribution is -2.45. The van der Waals surface area contributed by atoms with Gasteiger partial charge in [0.25, 0.3) is 0 Å². The molecule has 1 aliphatic heterocycles. The second-order valence-electron chi connectivity index (χ2n) is 4.46. The third-order valence-corrected chi connectivity index (χ3v) is 3.27. The first-order chi connectivity index (χ1) is 9.13. The van der Waals surface area contributed by atoms with Gasteiger partial charge in [-0.2, -0.15) is 5.26 Å². The lowest BCUT2D eigenvalue weighted by Gasteiger charge is -2.34. The Bertz CT molecular complexity index is 469. The highest BCUT2D eigenvalue weighted by molar-refractivity contribution is 5.24. The van der Waals surface area contributed by atoms with Crippen molar-refractivity contribution in [2.75, 3.05) is 26.2 Å². The number of hydrogen-bond donors (Lipinski definition) is 1. The van der Waals surface area contributed by atoms with E-state index in [-0.39, 0.29) is 6.42 Å². The molecule has 0 unspecified atom stereocenters. The molecule has 1 saturated heterocycles. The summed E-state index contributed by atoms with van der Waals surface area (Å²) in [6.45, 7) is 2.89. The summed E-state index contributed by atoms with van der Waals surface area (Å²) in [6.07, 6.45) is 0.116. The van der Waals surface area contributed by atoms with Gasteiger partial charge in [-0.05, 0) is 17.7 Å². The van der Waals surface area contributed by atoms with Crippen molar-refractivity contribution in [1.29, 1.82) is 5.26 Å². The molecule has 6 heteroatoms. The Morgan fingerprint density at radius 3 is 2.32 bits per heavy atom. The molecule has 0 aliphatic carbocycles. The zero-order valence-corrected chi connectivity index (χ0v) is 10.3. The van der Waals surface area contributed by atoms with E-state index in [9.17, 15) is 13.2 Å². The molecule has 1 aromatic rings. The van der Waals surface area contributed by atoms with Gasteiger partial charge in [0, 0.05) is 32.2 Å². The van der Waals surface area contributed by atoms with Crippen molar-refractivity contribution in [2.45, 2.75) is 12.5 Å². The van der Waals surface area contributed by atoms with Crippen LogP contribution in [0.5, 0.6) is 0 Å². The normalized spacial score (nSPS) is 18.0. The summed E-state index contributed by atoms with van der Waals surface area (Å²) >= 11 is 0. The highest BCUT2D eigenvalue weighted by Gasteiger charge is 2.24. The Hall–Kier alpha value is -1.58. The fourth-order valence-corrected chi connectivity index (χ4v) is 2.31. The summed E-state index contributed by atoms with van der Waals surface area (Å²) < 4.78 is 39.5. The number of benzene rings is 1. The van der Waals surface area contributed by atoms with E-state index in [4.69, 9.17) is 5.26 Å². The van der Waals surface area contributed by atoms with Crippen molar-refractivity contribution in [3.8, 4) is 6.07 Å². The molecule has 0 amide bonds. The Labute approximate surface area is 109 Å². The molecule has 0 spiro atoms. The van der Waals surface area contributed by atoms with Crippen LogP contribution in [-0.2, 0) is 0 Å². The van der Waals surface area contributed by atoms with Crippen LogP contribution in [0.3, 0.4) is 0 Å². The van der Waals surface area contributed by atoms with Gasteiger partial charge in [0.1, 0.15) is 0 Å². The van der Waals surface area contributed by atoms with Gasteiger partial charge in [0.2, 0.25) is 0 Å². The van der Waals surface area contributed by atoms with Crippen LogP contribution >= 0.6 is 0 Å². The predicted molar refractivity (Wildman–Crippen MR) is 63.7 cm³/mol. The molecule has 19 heavy (non-hydrogen) atoms. The molecular weight excluding hydrogens is 255 g/mol. The van der Waals surface area contributed by atoms with Crippen molar-refractivity contribution >= 4 is 0 Å². The highest BCUT2D eigenvalue weighted by atomic mass is 19.2. The molecule has 0 bridgehead atoms. The summed E-state index contributed by atoms with van der Waals surface area (Å²) in [4.78, 5) is 1.98. The molecule has 102 valence electrons. The Morgan fingerprint density at radius 1 is 1.21 bits per heavy atom. The first kappa shape index (κ1) is 13.8. The molecule has 1 heterocycles. The molecule has 2 rings (SSSR count). The summed E-state index contributed by atoms with van der Waals surface area (Å²) in [5, 5.41) is 12.0. The average Bonchev–Trinajstić information content (AvgIpc) is 2.42. The van der Waals surface area contributed by atoms with Gasteiger partial charge in [0.05, 0.1) is 12.5 Å². The minimum atomic E-state index is -1.47. The number of nitrogens with one attached hydrogen (secondary N) is 1. The summed E-state index contributed by atoms with van der Waals surface area (Å²) in [7, 11) is 0. The zero-order chi connectivity index (χ0) is 13.8. The molecule has 0 radical (unpaired) electrons. The molecule has 1 aliphatic rings. The maximum absolute atomic E-state index is 13.3. The number of nitriles is 1. The molecular formula is C13H14F3N3. The lowest BCUT2D eigenvalue weighted by molar-refractivity contribution is 0.175. The first-order valence-electron chi connectivity index (χ1n) is 6.09. The molecule has 1 fully saturated rings. The van der Waals surface area contributed by atoms with Crippen LogP contribution in [0, 0.1) is 28.8 Å². The maximum atomic E-state index is 13.3. The van der Waals surface area contributed by atoms with Crippen LogP contribution in [0.1, 0.15) is 18.0 Å². The van der Waals surface area contributed by atoms with Crippen molar-refractivity contribution < 1.29 is 13.2 Å². The zero-order valence-electron chi connectivity index (χ0n) is 10.3. The van der Waals surface area contributed by atoms with Crippen molar-refractivity contribution in [3.63, 3.8) is 0 Å². The second-order valence-corrected chi connectivity index (χ2v) is 4.46.